The molecule has 0 aliphatic heterocycles. The van der Waals surface area contributed by atoms with Crippen LogP contribution in [0.3, 0.4) is 0 Å². The Kier molecular flexibility index (Phi) is 5.96. The van der Waals surface area contributed by atoms with Crippen LogP contribution < -0.4 is 5.32 Å². The fourth-order valence-electron chi connectivity index (χ4n) is 2.48. The summed E-state index contributed by atoms with van der Waals surface area (Å²) in [7, 11) is 2.03. The highest BCUT2D eigenvalue weighted by Crippen LogP contribution is 2.35. The van der Waals surface area contributed by atoms with E-state index in [-0.39, 0.29) is 0 Å². The molecular weight excluding hydrogens is 270 g/mol. The van der Waals surface area contributed by atoms with E-state index in [4.69, 9.17) is 0 Å². The molecule has 1 aliphatic rings. The Hall–Kier alpha value is -1.87. The van der Waals surface area contributed by atoms with Crippen LogP contribution >= 0.6 is 0 Å². The number of benzene rings is 1. The maximum absolute atomic E-state index is 4.29. The fourth-order valence-corrected chi connectivity index (χ4v) is 2.48. The number of hydrogen-bond acceptors (Lipinski definition) is 2. The van der Waals surface area contributed by atoms with Crippen molar-refractivity contribution in [2.24, 2.45) is 0 Å². The second-order valence-corrected chi connectivity index (χ2v) is 6.03. The number of hydrogen-bond donors (Lipinski definition) is 1. The third-order valence-corrected chi connectivity index (χ3v) is 4.23. The molecule has 0 unspecified atom stereocenters. The quantitative estimate of drug-likeness (QED) is 0.848. The van der Waals surface area contributed by atoms with Gasteiger partial charge in [-0.3, -0.25) is 0 Å². The molecule has 0 atom stereocenters. The molecule has 1 aromatic carbocycles. The smallest absolute Gasteiger partial charge is 0.0953 e. The Labute approximate surface area is 134 Å². The molecule has 3 heteroatoms. The van der Waals surface area contributed by atoms with E-state index < -0.39 is 0 Å². The van der Waals surface area contributed by atoms with Gasteiger partial charge in [-0.2, -0.15) is 0 Å². The number of nitrogens with zero attached hydrogens (tertiary/aromatic N) is 2. The molecule has 118 valence electrons. The maximum atomic E-state index is 4.29. The molecule has 0 spiro atoms. The lowest BCUT2D eigenvalue weighted by atomic mass is 9.86. The third-order valence-electron chi connectivity index (χ3n) is 4.23. The second-order valence-electron chi connectivity index (χ2n) is 6.03. The zero-order chi connectivity index (χ0) is 15.9. The van der Waals surface area contributed by atoms with Crippen LogP contribution in [0, 0.1) is 0 Å². The molecule has 2 aromatic rings. The Morgan fingerprint density at radius 3 is 2.41 bits per heavy atom. The number of allylic oxidation sites excluding steroid dienone is 2. The van der Waals surface area contributed by atoms with Crippen LogP contribution in [0.15, 0.2) is 54.5 Å². The summed E-state index contributed by atoms with van der Waals surface area (Å²) < 4.78 is 2.31. The van der Waals surface area contributed by atoms with E-state index in [1.54, 1.807) is 0 Å². The van der Waals surface area contributed by atoms with E-state index >= 15 is 0 Å². The summed E-state index contributed by atoms with van der Waals surface area (Å²) in [5.74, 6) is 0. The van der Waals surface area contributed by atoms with Gasteiger partial charge < -0.3 is 9.88 Å². The van der Waals surface area contributed by atoms with Crippen LogP contribution in [0.2, 0.25) is 0 Å². The van der Waals surface area contributed by atoms with Crippen LogP contribution in [0.1, 0.15) is 39.7 Å². The summed E-state index contributed by atoms with van der Waals surface area (Å²) in [6.45, 7) is 6.20. The first-order valence-corrected chi connectivity index (χ1v) is 7.99. The average molecular weight is 297 g/mol. The van der Waals surface area contributed by atoms with E-state index in [1.807, 2.05) is 32.6 Å². The Morgan fingerprint density at radius 2 is 1.86 bits per heavy atom. The summed E-state index contributed by atoms with van der Waals surface area (Å²) in [5.41, 5.74) is 3.85. The molecule has 3 rings (SSSR count). The van der Waals surface area contributed by atoms with Gasteiger partial charge in [-0.15, -0.1) is 0 Å². The van der Waals surface area contributed by atoms with Gasteiger partial charge in [0.2, 0.25) is 0 Å². The molecular formula is C19H27N3. The summed E-state index contributed by atoms with van der Waals surface area (Å²) in [6, 6.07) is 11.7. The molecule has 0 bridgehead atoms. The first-order chi connectivity index (χ1) is 10.7. The molecule has 0 saturated heterocycles. The minimum absolute atomic E-state index is 0.602. The predicted octanol–water partition coefficient (Wildman–Crippen LogP) is 4.45. The molecule has 1 N–H and O–H groups in total. The van der Waals surface area contributed by atoms with Crippen molar-refractivity contribution >= 4 is 0 Å². The van der Waals surface area contributed by atoms with Crippen molar-refractivity contribution in [1.82, 2.24) is 14.9 Å². The lowest BCUT2D eigenvalue weighted by molar-refractivity contribution is 0.237. The second kappa shape index (κ2) is 7.95. The van der Waals surface area contributed by atoms with E-state index in [9.17, 15) is 0 Å². The van der Waals surface area contributed by atoms with Gasteiger partial charge in [0, 0.05) is 12.1 Å². The van der Waals surface area contributed by atoms with Crippen LogP contribution in [0.4, 0.5) is 0 Å². The molecule has 0 radical (unpaired) electrons. The van der Waals surface area contributed by atoms with Crippen molar-refractivity contribution in [2.75, 3.05) is 7.05 Å². The molecule has 1 fully saturated rings. The zero-order valence-corrected chi connectivity index (χ0v) is 14.1. The van der Waals surface area contributed by atoms with Crippen LogP contribution in [-0.4, -0.2) is 22.6 Å². The standard InChI is InChI=1S/C14H17N3.C5H10/c1-15-12-7-13(8-12)17-10-16-9-14(17)11-5-3-2-4-6-11;1-4-5(2)3/h2-6,9-10,12-13,15H,7-8H2,1H3;4H,1-3H3. The van der Waals surface area contributed by atoms with Crippen LogP contribution in [0.5, 0.6) is 0 Å². The number of nitrogens with one attached hydrogen (secondary N) is 1. The number of imidazole rings is 1. The van der Waals surface area contributed by atoms with Gasteiger partial charge >= 0.3 is 0 Å². The SMILES string of the molecule is CC=C(C)C.CNC1CC(n2cncc2-c2ccccc2)C1. The van der Waals surface area contributed by atoms with Crippen molar-refractivity contribution in [3.8, 4) is 11.3 Å². The van der Waals surface area contributed by atoms with Gasteiger partial charge in [0.25, 0.3) is 0 Å². The van der Waals surface area contributed by atoms with Crippen molar-refractivity contribution < 1.29 is 0 Å². The summed E-state index contributed by atoms with van der Waals surface area (Å²) in [4.78, 5) is 4.29. The first-order valence-electron chi connectivity index (χ1n) is 7.99. The van der Waals surface area contributed by atoms with Crippen molar-refractivity contribution in [3.63, 3.8) is 0 Å². The Bertz CT molecular complexity index is 588. The number of rotatable bonds is 3. The van der Waals surface area contributed by atoms with Crippen molar-refractivity contribution in [2.45, 2.75) is 45.7 Å². The topological polar surface area (TPSA) is 29.9 Å². The monoisotopic (exact) mass is 297 g/mol. The van der Waals surface area contributed by atoms with Crippen LogP contribution in [0.25, 0.3) is 11.3 Å². The van der Waals surface area contributed by atoms with Gasteiger partial charge in [-0.25, -0.2) is 4.98 Å². The van der Waals surface area contributed by atoms with Gasteiger partial charge in [-0.05, 0) is 46.2 Å². The minimum atomic E-state index is 0.602. The Balaban J connectivity index is 0.000000309. The van der Waals surface area contributed by atoms with E-state index in [0.29, 0.717) is 12.1 Å². The molecule has 22 heavy (non-hydrogen) atoms. The van der Waals surface area contributed by atoms with E-state index in [1.165, 1.54) is 29.7 Å². The number of aromatic nitrogens is 2. The van der Waals surface area contributed by atoms with Gasteiger partial charge in [0.1, 0.15) is 0 Å². The summed E-state index contributed by atoms with van der Waals surface area (Å²) in [5, 5.41) is 3.32. The predicted molar refractivity (Wildman–Crippen MR) is 93.9 cm³/mol. The largest absolute Gasteiger partial charge is 0.327 e. The lowest BCUT2D eigenvalue weighted by Crippen LogP contribution is -2.40. The van der Waals surface area contributed by atoms with Gasteiger partial charge in [-0.1, -0.05) is 42.0 Å². The fraction of sp³-hybridized carbons (Fsp3) is 0.421. The summed E-state index contributed by atoms with van der Waals surface area (Å²) >= 11 is 0. The Morgan fingerprint density at radius 1 is 1.23 bits per heavy atom. The summed E-state index contributed by atoms with van der Waals surface area (Å²) in [6.07, 6.45) is 8.40. The third kappa shape index (κ3) is 4.08. The molecule has 1 heterocycles. The van der Waals surface area contributed by atoms with Gasteiger partial charge in [0.05, 0.1) is 18.2 Å². The molecule has 1 saturated carbocycles. The highest BCUT2D eigenvalue weighted by molar-refractivity contribution is 5.58. The normalized spacial score (nSPS) is 19.6. The highest BCUT2D eigenvalue weighted by Gasteiger charge is 2.30. The average Bonchev–Trinajstić information content (AvgIpc) is 2.97. The highest BCUT2D eigenvalue weighted by atomic mass is 15.1. The van der Waals surface area contributed by atoms with Crippen LogP contribution in [-0.2, 0) is 0 Å². The lowest BCUT2D eigenvalue weighted by Gasteiger charge is -2.36. The van der Waals surface area contributed by atoms with Gasteiger partial charge in [0.15, 0.2) is 0 Å². The molecule has 0 amide bonds. The van der Waals surface area contributed by atoms with Crippen molar-refractivity contribution in [1.29, 1.82) is 0 Å². The zero-order valence-electron chi connectivity index (χ0n) is 14.1. The minimum Gasteiger partial charge on any atom is -0.327 e. The molecule has 1 aromatic heterocycles. The van der Waals surface area contributed by atoms with Crippen molar-refractivity contribution in [3.05, 3.63) is 54.5 Å². The van der Waals surface area contributed by atoms with E-state index in [2.05, 4.69) is 59.1 Å². The first kappa shape index (κ1) is 16.5. The maximum Gasteiger partial charge on any atom is 0.0953 e. The van der Waals surface area contributed by atoms with E-state index in [0.717, 1.165) is 0 Å². The molecule has 1 aliphatic carbocycles. The molecule has 3 nitrogen and oxygen atoms in total.